The average Bonchev–Trinajstić information content (AvgIpc) is 3.35. The van der Waals surface area contributed by atoms with Gasteiger partial charge in [-0.3, -0.25) is 0 Å². The molecular formula is C30H37N3O4S. The number of hydrogen-bond acceptors (Lipinski definition) is 6. The molecule has 1 amide bonds. The monoisotopic (exact) mass is 535 g/mol. The van der Waals surface area contributed by atoms with Gasteiger partial charge < -0.3 is 19.5 Å². The van der Waals surface area contributed by atoms with Gasteiger partial charge in [0.2, 0.25) is 0 Å². The van der Waals surface area contributed by atoms with Crippen molar-refractivity contribution in [3.05, 3.63) is 53.7 Å². The minimum atomic E-state index is -0.898. The van der Waals surface area contributed by atoms with E-state index in [1.807, 2.05) is 71.1 Å². The summed E-state index contributed by atoms with van der Waals surface area (Å²) in [6.07, 6.45) is 2.42. The zero-order valence-electron chi connectivity index (χ0n) is 23.1. The number of aryl methyl sites for hydroxylation is 1. The summed E-state index contributed by atoms with van der Waals surface area (Å²) in [5, 5.41) is 19.9. The van der Waals surface area contributed by atoms with Gasteiger partial charge in [-0.15, -0.1) is 11.3 Å². The topological polar surface area (TPSA) is 95.7 Å². The van der Waals surface area contributed by atoms with Gasteiger partial charge in [0.15, 0.2) is 0 Å². The van der Waals surface area contributed by atoms with Gasteiger partial charge in [-0.1, -0.05) is 27.7 Å². The predicted octanol–water partition coefficient (Wildman–Crippen LogP) is 7.49. The molecule has 202 valence electrons. The van der Waals surface area contributed by atoms with Gasteiger partial charge in [0.1, 0.15) is 22.6 Å². The summed E-state index contributed by atoms with van der Waals surface area (Å²) in [6.45, 7) is 13.4. The standard InChI is InChI=1S/C30H37N3O4S/c1-7-21-16-24(36-14-8-13-33(29(34)35)19-30(4,5)6)10-11-25(21)27-18-32-28(38-27)22-9-12-26(37-20(2)3)23(15-22)17-31/h9-12,15-16,18,20H,7-8,13-14,19H2,1-6H3,(H,34,35). The number of amides is 1. The molecule has 38 heavy (non-hydrogen) atoms. The van der Waals surface area contributed by atoms with E-state index in [9.17, 15) is 15.2 Å². The lowest BCUT2D eigenvalue weighted by Gasteiger charge is -2.27. The van der Waals surface area contributed by atoms with Crippen molar-refractivity contribution in [1.82, 2.24) is 9.88 Å². The number of ether oxygens (including phenoxy) is 2. The van der Waals surface area contributed by atoms with E-state index in [1.54, 1.807) is 11.3 Å². The largest absolute Gasteiger partial charge is 0.494 e. The third kappa shape index (κ3) is 7.96. The minimum Gasteiger partial charge on any atom is -0.494 e. The van der Waals surface area contributed by atoms with Crippen molar-refractivity contribution in [2.75, 3.05) is 19.7 Å². The molecule has 0 aliphatic heterocycles. The Morgan fingerprint density at radius 3 is 2.61 bits per heavy atom. The first-order chi connectivity index (χ1) is 18.0. The van der Waals surface area contributed by atoms with Gasteiger partial charge in [0.05, 0.1) is 23.2 Å². The van der Waals surface area contributed by atoms with Crippen LogP contribution in [-0.2, 0) is 6.42 Å². The quantitative estimate of drug-likeness (QED) is 0.256. The van der Waals surface area contributed by atoms with Gasteiger partial charge in [0.25, 0.3) is 0 Å². The lowest BCUT2D eigenvalue weighted by molar-refractivity contribution is 0.122. The van der Waals surface area contributed by atoms with Crippen LogP contribution in [-0.4, -0.2) is 46.9 Å². The highest BCUT2D eigenvalue weighted by Crippen LogP contribution is 2.36. The highest BCUT2D eigenvalue weighted by Gasteiger charge is 2.20. The van der Waals surface area contributed by atoms with Gasteiger partial charge in [-0.05, 0) is 79.6 Å². The van der Waals surface area contributed by atoms with E-state index < -0.39 is 6.09 Å². The SMILES string of the molecule is CCc1cc(OCCCN(CC(C)(C)C)C(=O)O)ccc1-c1cnc(-c2ccc(OC(C)C)c(C#N)c2)s1. The number of carboxylic acid groups (broad SMARTS) is 1. The summed E-state index contributed by atoms with van der Waals surface area (Å²) in [4.78, 5) is 18.7. The van der Waals surface area contributed by atoms with Crippen molar-refractivity contribution in [2.24, 2.45) is 5.41 Å². The van der Waals surface area contributed by atoms with Crippen molar-refractivity contribution >= 4 is 17.4 Å². The lowest BCUT2D eigenvalue weighted by Crippen LogP contribution is -2.37. The molecule has 3 rings (SSSR count). The van der Waals surface area contributed by atoms with Crippen LogP contribution in [0.25, 0.3) is 21.0 Å². The molecule has 1 aromatic heterocycles. The molecule has 0 saturated heterocycles. The molecule has 7 nitrogen and oxygen atoms in total. The van der Waals surface area contributed by atoms with Gasteiger partial charge in [0, 0.05) is 24.8 Å². The molecule has 0 saturated carbocycles. The number of thiazole rings is 1. The summed E-state index contributed by atoms with van der Waals surface area (Å²) < 4.78 is 11.7. The molecule has 0 bridgehead atoms. The second-order valence-corrected chi connectivity index (χ2v) is 11.7. The number of rotatable bonds is 11. The number of hydrogen-bond donors (Lipinski definition) is 1. The van der Waals surface area contributed by atoms with E-state index in [0.29, 0.717) is 37.4 Å². The lowest BCUT2D eigenvalue weighted by atomic mass is 9.96. The van der Waals surface area contributed by atoms with Crippen molar-refractivity contribution in [3.8, 4) is 38.6 Å². The fraction of sp³-hybridized carbons (Fsp3) is 0.433. The number of nitrogens with zero attached hydrogens (tertiary/aromatic N) is 3. The molecule has 0 fully saturated rings. The molecule has 0 atom stereocenters. The van der Waals surface area contributed by atoms with E-state index in [2.05, 4.69) is 24.0 Å². The first kappa shape index (κ1) is 29.0. The third-order valence-electron chi connectivity index (χ3n) is 5.72. The fourth-order valence-electron chi connectivity index (χ4n) is 4.09. The Hall–Kier alpha value is -3.57. The van der Waals surface area contributed by atoms with Crippen molar-refractivity contribution in [3.63, 3.8) is 0 Å². The van der Waals surface area contributed by atoms with E-state index in [1.165, 1.54) is 4.90 Å². The summed E-state index contributed by atoms with van der Waals surface area (Å²) in [7, 11) is 0. The second kappa shape index (κ2) is 12.8. The van der Waals surface area contributed by atoms with Crippen LogP contribution in [0.1, 0.15) is 59.1 Å². The van der Waals surface area contributed by atoms with Gasteiger partial charge in [-0.2, -0.15) is 5.26 Å². The van der Waals surface area contributed by atoms with Crippen LogP contribution >= 0.6 is 11.3 Å². The highest BCUT2D eigenvalue weighted by atomic mass is 32.1. The minimum absolute atomic E-state index is 0.00765. The Kier molecular flexibility index (Phi) is 9.76. The van der Waals surface area contributed by atoms with Crippen LogP contribution < -0.4 is 9.47 Å². The van der Waals surface area contributed by atoms with Crippen LogP contribution in [0.3, 0.4) is 0 Å². The zero-order valence-corrected chi connectivity index (χ0v) is 23.9. The highest BCUT2D eigenvalue weighted by molar-refractivity contribution is 7.18. The number of carbonyl (C=O) groups is 1. The van der Waals surface area contributed by atoms with Gasteiger partial charge in [-0.25, -0.2) is 9.78 Å². The normalized spacial score (nSPS) is 11.3. The molecule has 0 aliphatic carbocycles. The van der Waals surface area contributed by atoms with Crippen LogP contribution in [0.4, 0.5) is 4.79 Å². The maximum absolute atomic E-state index is 11.5. The fourth-order valence-corrected chi connectivity index (χ4v) is 5.07. The number of benzene rings is 2. The molecular weight excluding hydrogens is 498 g/mol. The molecule has 0 unspecified atom stereocenters. The van der Waals surface area contributed by atoms with Crippen LogP contribution in [0.5, 0.6) is 11.5 Å². The van der Waals surface area contributed by atoms with E-state index >= 15 is 0 Å². The third-order valence-corrected chi connectivity index (χ3v) is 6.79. The van der Waals surface area contributed by atoms with Crippen LogP contribution in [0.2, 0.25) is 0 Å². The molecule has 0 aliphatic rings. The molecule has 0 spiro atoms. The Bertz CT molecular complexity index is 1290. The maximum atomic E-state index is 11.5. The summed E-state index contributed by atoms with van der Waals surface area (Å²) >= 11 is 1.58. The Labute approximate surface area is 229 Å². The molecule has 1 heterocycles. The molecule has 0 radical (unpaired) electrons. The van der Waals surface area contributed by atoms with Crippen molar-refractivity contribution < 1.29 is 19.4 Å². The summed E-state index contributed by atoms with van der Waals surface area (Å²) in [5.41, 5.74) is 3.54. The van der Waals surface area contributed by atoms with E-state index in [4.69, 9.17) is 9.47 Å². The zero-order chi connectivity index (χ0) is 27.9. The first-order valence-electron chi connectivity index (χ1n) is 12.9. The van der Waals surface area contributed by atoms with E-state index in [0.717, 1.165) is 38.7 Å². The number of aromatic nitrogens is 1. The Balaban J connectivity index is 1.69. The predicted molar refractivity (Wildman–Crippen MR) is 152 cm³/mol. The Morgan fingerprint density at radius 1 is 1.21 bits per heavy atom. The molecule has 8 heteroatoms. The van der Waals surface area contributed by atoms with E-state index in [-0.39, 0.29) is 11.5 Å². The van der Waals surface area contributed by atoms with Crippen LogP contribution in [0, 0.1) is 16.7 Å². The van der Waals surface area contributed by atoms with Crippen molar-refractivity contribution in [2.45, 2.75) is 60.5 Å². The second-order valence-electron chi connectivity index (χ2n) is 10.7. The van der Waals surface area contributed by atoms with Gasteiger partial charge >= 0.3 is 6.09 Å². The molecule has 3 aromatic rings. The molecule has 2 aromatic carbocycles. The smallest absolute Gasteiger partial charge is 0.407 e. The molecule has 1 N–H and O–H groups in total. The first-order valence-corrected chi connectivity index (χ1v) is 13.7. The maximum Gasteiger partial charge on any atom is 0.407 e. The van der Waals surface area contributed by atoms with Crippen LogP contribution in [0.15, 0.2) is 42.6 Å². The Morgan fingerprint density at radius 2 is 1.97 bits per heavy atom. The summed E-state index contributed by atoms with van der Waals surface area (Å²) in [5.74, 6) is 1.35. The van der Waals surface area contributed by atoms with Crippen molar-refractivity contribution in [1.29, 1.82) is 5.26 Å². The average molecular weight is 536 g/mol. The number of nitriles is 1. The summed E-state index contributed by atoms with van der Waals surface area (Å²) in [6, 6.07) is 13.9.